The lowest BCUT2D eigenvalue weighted by molar-refractivity contribution is -0.141. The SMILES string of the molecule is CN=S(=O)(c1ncc(C)s1)C(C)c1ccc(C(F)(F)F)nc1. The standard InChI is InChI=1S/C13H14F3N3OS2/c1-8-6-19-12(21-8)22(20,17-3)9(2)10-4-5-11(18-7-10)13(14,15)16/h4-7,9H,1-3H3. The summed E-state index contributed by atoms with van der Waals surface area (Å²) in [5, 5.41) is -0.613. The minimum absolute atomic E-state index is 0.375. The first-order valence-corrected chi connectivity index (χ1v) is 8.67. The first-order valence-electron chi connectivity index (χ1n) is 6.28. The molecule has 4 nitrogen and oxygen atoms in total. The van der Waals surface area contributed by atoms with E-state index < -0.39 is 26.8 Å². The van der Waals surface area contributed by atoms with Crippen LogP contribution in [0, 0.1) is 6.92 Å². The lowest BCUT2D eigenvalue weighted by Crippen LogP contribution is -2.12. The first-order chi connectivity index (χ1) is 10.2. The van der Waals surface area contributed by atoms with Gasteiger partial charge in [0.15, 0.2) is 4.34 Å². The monoisotopic (exact) mass is 349 g/mol. The van der Waals surface area contributed by atoms with Crippen LogP contribution in [0.3, 0.4) is 0 Å². The highest BCUT2D eigenvalue weighted by atomic mass is 32.2. The van der Waals surface area contributed by atoms with Crippen LogP contribution in [0.1, 0.15) is 28.3 Å². The molecular weight excluding hydrogens is 335 g/mol. The third-order valence-corrected chi connectivity index (χ3v) is 7.20. The number of rotatable bonds is 3. The fourth-order valence-corrected chi connectivity index (χ4v) is 5.36. The van der Waals surface area contributed by atoms with E-state index >= 15 is 0 Å². The molecule has 120 valence electrons. The fourth-order valence-electron chi connectivity index (χ4n) is 1.85. The molecule has 0 amide bonds. The van der Waals surface area contributed by atoms with E-state index in [1.54, 1.807) is 13.1 Å². The Morgan fingerprint density at radius 1 is 1.27 bits per heavy atom. The number of hydrogen-bond acceptors (Lipinski definition) is 5. The maximum absolute atomic E-state index is 13.1. The third kappa shape index (κ3) is 3.14. The van der Waals surface area contributed by atoms with Crippen molar-refractivity contribution < 1.29 is 17.4 Å². The van der Waals surface area contributed by atoms with Gasteiger partial charge < -0.3 is 0 Å². The molecule has 0 fully saturated rings. The van der Waals surface area contributed by atoms with Crippen LogP contribution in [0.5, 0.6) is 0 Å². The number of hydrogen-bond donors (Lipinski definition) is 0. The number of thiazole rings is 1. The molecule has 0 spiro atoms. The zero-order valence-electron chi connectivity index (χ0n) is 12.1. The molecular formula is C13H14F3N3OS2. The molecule has 2 heterocycles. The minimum atomic E-state index is -4.50. The maximum atomic E-state index is 13.1. The van der Waals surface area contributed by atoms with Crippen LogP contribution in [0.15, 0.2) is 33.2 Å². The quantitative estimate of drug-likeness (QED) is 0.839. The molecule has 0 radical (unpaired) electrons. The second kappa shape index (κ2) is 5.96. The van der Waals surface area contributed by atoms with Crippen LogP contribution >= 0.6 is 11.3 Å². The van der Waals surface area contributed by atoms with Gasteiger partial charge in [-0.15, -0.1) is 11.3 Å². The van der Waals surface area contributed by atoms with Crippen molar-refractivity contribution in [1.82, 2.24) is 9.97 Å². The number of aryl methyl sites for hydroxylation is 1. The van der Waals surface area contributed by atoms with Crippen LogP contribution in [0.4, 0.5) is 13.2 Å². The van der Waals surface area contributed by atoms with Crippen molar-refractivity contribution in [1.29, 1.82) is 0 Å². The van der Waals surface area contributed by atoms with E-state index in [1.807, 2.05) is 6.92 Å². The Bertz CT molecular complexity index is 775. The molecule has 9 heteroatoms. The zero-order valence-corrected chi connectivity index (χ0v) is 13.7. The van der Waals surface area contributed by atoms with Crippen LogP contribution in [-0.4, -0.2) is 21.2 Å². The lowest BCUT2D eigenvalue weighted by atomic mass is 10.2. The summed E-state index contributed by atoms with van der Waals surface area (Å²) in [6.45, 7) is 3.48. The highest BCUT2D eigenvalue weighted by molar-refractivity contribution is 7.95. The number of halogens is 3. The zero-order chi connectivity index (χ0) is 16.5. The van der Waals surface area contributed by atoms with Gasteiger partial charge in [-0.2, -0.15) is 13.2 Å². The molecule has 0 aliphatic carbocycles. The summed E-state index contributed by atoms with van der Waals surface area (Å²) in [5.74, 6) is 0. The molecule has 2 rings (SSSR count). The molecule has 0 saturated heterocycles. The predicted octanol–water partition coefficient (Wildman–Crippen LogP) is 4.08. The Morgan fingerprint density at radius 3 is 2.36 bits per heavy atom. The molecule has 0 aliphatic rings. The second-order valence-corrected chi connectivity index (χ2v) is 8.69. The Balaban J connectivity index is 2.42. The van der Waals surface area contributed by atoms with E-state index in [9.17, 15) is 17.4 Å². The van der Waals surface area contributed by atoms with Gasteiger partial charge in [0, 0.05) is 24.3 Å². The molecule has 22 heavy (non-hydrogen) atoms. The van der Waals surface area contributed by atoms with E-state index in [0.29, 0.717) is 9.90 Å². The molecule has 2 unspecified atom stereocenters. The van der Waals surface area contributed by atoms with Crippen molar-refractivity contribution in [3.63, 3.8) is 0 Å². The molecule has 0 bridgehead atoms. The molecule has 0 N–H and O–H groups in total. The van der Waals surface area contributed by atoms with Gasteiger partial charge in [0.05, 0.1) is 5.25 Å². The van der Waals surface area contributed by atoms with Gasteiger partial charge in [-0.25, -0.2) is 13.6 Å². The van der Waals surface area contributed by atoms with Crippen molar-refractivity contribution in [3.8, 4) is 0 Å². The smallest absolute Gasteiger partial charge is 0.251 e. The summed E-state index contributed by atoms with van der Waals surface area (Å²) in [5.41, 5.74) is -0.551. The van der Waals surface area contributed by atoms with Gasteiger partial charge in [-0.05, 0) is 25.5 Å². The fraction of sp³-hybridized carbons (Fsp3) is 0.385. The van der Waals surface area contributed by atoms with Crippen LogP contribution in [0.25, 0.3) is 0 Å². The van der Waals surface area contributed by atoms with E-state index in [-0.39, 0.29) is 0 Å². The normalized spacial score (nSPS) is 16.1. The van der Waals surface area contributed by atoms with E-state index in [1.165, 1.54) is 24.5 Å². The summed E-state index contributed by atoms with van der Waals surface area (Å²) in [4.78, 5) is 8.41. The molecule has 2 atom stereocenters. The Morgan fingerprint density at radius 2 is 1.95 bits per heavy atom. The lowest BCUT2D eigenvalue weighted by Gasteiger charge is -2.16. The number of aromatic nitrogens is 2. The van der Waals surface area contributed by atoms with Gasteiger partial charge in [0.2, 0.25) is 0 Å². The highest BCUT2D eigenvalue weighted by Gasteiger charge is 2.33. The predicted molar refractivity (Wildman–Crippen MR) is 79.3 cm³/mol. The van der Waals surface area contributed by atoms with Crippen LogP contribution < -0.4 is 0 Å². The van der Waals surface area contributed by atoms with Gasteiger partial charge in [0.25, 0.3) is 0 Å². The Kier molecular flexibility index (Phi) is 4.57. The van der Waals surface area contributed by atoms with Crippen molar-refractivity contribution in [3.05, 3.63) is 40.7 Å². The average Bonchev–Trinajstić information content (AvgIpc) is 2.92. The van der Waals surface area contributed by atoms with E-state index in [0.717, 1.165) is 17.1 Å². The van der Waals surface area contributed by atoms with Gasteiger partial charge in [-0.3, -0.25) is 4.98 Å². The van der Waals surface area contributed by atoms with Crippen LogP contribution in [0.2, 0.25) is 0 Å². The van der Waals surface area contributed by atoms with Gasteiger partial charge in [0.1, 0.15) is 15.4 Å². The van der Waals surface area contributed by atoms with Crippen molar-refractivity contribution in [2.24, 2.45) is 4.36 Å². The summed E-state index contributed by atoms with van der Waals surface area (Å²) < 4.78 is 55.1. The van der Waals surface area contributed by atoms with Crippen molar-refractivity contribution >= 4 is 21.1 Å². The molecule has 0 saturated carbocycles. The molecule has 2 aromatic rings. The molecule has 2 aromatic heterocycles. The Labute approximate surface area is 130 Å². The summed E-state index contributed by atoms with van der Waals surface area (Å²) in [7, 11) is -1.43. The van der Waals surface area contributed by atoms with Crippen molar-refractivity contribution in [2.75, 3.05) is 7.05 Å². The summed E-state index contributed by atoms with van der Waals surface area (Å²) >= 11 is 1.27. The molecule has 0 aromatic carbocycles. The maximum Gasteiger partial charge on any atom is 0.433 e. The van der Waals surface area contributed by atoms with E-state index in [4.69, 9.17) is 0 Å². The first kappa shape index (κ1) is 16.9. The van der Waals surface area contributed by atoms with E-state index in [2.05, 4.69) is 14.3 Å². The van der Waals surface area contributed by atoms with Crippen molar-refractivity contribution in [2.45, 2.75) is 29.6 Å². The highest BCUT2D eigenvalue weighted by Crippen LogP contribution is 2.34. The number of pyridine rings is 1. The number of nitrogens with zero attached hydrogens (tertiary/aromatic N) is 3. The minimum Gasteiger partial charge on any atom is -0.251 e. The topological polar surface area (TPSA) is 55.2 Å². The Hall–Kier alpha value is -1.48. The van der Waals surface area contributed by atoms with Crippen LogP contribution in [-0.2, 0) is 15.9 Å². The summed E-state index contributed by atoms with van der Waals surface area (Å²) in [6, 6.07) is 2.17. The van der Waals surface area contributed by atoms with Gasteiger partial charge in [-0.1, -0.05) is 6.07 Å². The number of alkyl halides is 3. The third-order valence-electron chi connectivity index (χ3n) is 3.15. The largest absolute Gasteiger partial charge is 0.433 e. The summed E-state index contributed by atoms with van der Waals surface area (Å²) in [6.07, 6.45) is -1.80. The second-order valence-electron chi connectivity index (χ2n) is 4.60. The molecule has 0 aliphatic heterocycles. The van der Waals surface area contributed by atoms with Gasteiger partial charge >= 0.3 is 6.18 Å². The average molecular weight is 349 g/mol.